The van der Waals surface area contributed by atoms with Crippen LogP contribution in [-0.4, -0.2) is 44.8 Å². The van der Waals surface area contributed by atoms with Gasteiger partial charge in [0.25, 0.3) is 0 Å². The summed E-state index contributed by atoms with van der Waals surface area (Å²) in [5.74, 6) is 0.728. The Hall–Kier alpha value is -7.86. The Morgan fingerprint density at radius 2 is 0.917 bits per heavy atom. The van der Waals surface area contributed by atoms with E-state index in [4.69, 9.17) is 13.4 Å². The third-order valence-corrected chi connectivity index (χ3v) is 13.6. The Bertz CT molecular complexity index is 3440. The lowest BCUT2D eigenvalue weighted by molar-refractivity contribution is 0.455. The number of benzene rings is 4. The van der Waals surface area contributed by atoms with Crippen molar-refractivity contribution >= 4 is 44.1 Å². The number of nitrogens with zero attached hydrogens (tertiary/aromatic N) is 9. The number of fused-ring (bicyclic) bond motifs is 4. The van der Waals surface area contributed by atoms with E-state index in [9.17, 15) is 0 Å². The summed E-state index contributed by atoms with van der Waals surface area (Å²) in [6, 6.07) is 35.2. The summed E-state index contributed by atoms with van der Waals surface area (Å²) < 4.78 is 17.7. The maximum Gasteiger partial charge on any atom is 0.192 e. The molecule has 11 aromatic rings. The molecule has 0 fully saturated rings. The van der Waals surface area contributed by atoms with Crippen molar-refractivity contribution in [2.24, 2.45) is 7.05 Å². The quantitative estimate of drug-likeness (QED) is 0.143. The molecule has 12 heteroatoms. The number of hydrogen-bond acceptors (Lipinski definition) is 11. The second-order valence-electron chi connectivity index (χ2n) is 28.4. The van der Waals surface area contributed by atoms with Gasteiger partial charge in [0.2, 0.25) is 0 Å². The summed E-state index contributed by atoms with van der Waals surface area (Å²) >= 11 is 0. The molecule has 446 valence electrons. The van der Waals surface area contributed by atoms with Gasteiger partial charge in [-0.05, 0) is 116 Å². The number of hydrogen-bond donors (Lipinski definition) is 0. The molecule has 0 atom stereocenters. The van der Waals surface area contributed by atoms with E-state index in [0.29, 0.717) is 0 Å². The molecule has 4 aromatic carbocycles. The zero-order valence-corrected chi connectivity index (χ0v) is 54.8. The Morgan fingerprint density at radius 3 is 1.40 bits per heavy atom. The van der Waals surface area contributed by atoms with Crippen LogP contribution in [0.3, 0.4) is 0 Å². The summed E-state index contributed by atoms with van der Waals surface area (Å²) in [6.45, 7) is 47.6. The zero-order chi connectivity index (χ0) is 62.5. The molecule has 0 amide bonds. The van der Waals surface area contributed by atoms with Gasteiger partial charge >= 0.3 is 0 Å². The molecule has 11 rings (SSSR count). The van der Waals surface area contributed by atoms with Crippen molar-refractivity contribution < 1.29 is 13.4 Å². The fraction of sp³-hybridized carbons (Fsp3) is 0.417. The summed E-state index contributed by atoms with van der Waals surface area (Å²) in [5.41, 5.74) is 15.4. The van der Waals surface area contributed by atoms with E-state index in [1.54, 1.807) is 31.0 Å². The largest absolute Gasteiger partial charge is 0.443 e. The van der Waals surface area contributed by atoms with Gasteiger partial charge in [-0.3, -0.25) is 24.6 Å². The SMILES string of the molecule is CC(C)(C)c1ccc2cnoc2c1.CC(C)(C)c1ccc2ncoc2c1.CC(C)(C)c1ccccn1.CC(C)(C)c1cccnc1.CC(C)(C)c1cnccn1.Cc1nc2ccc(C(C)(C)C)cc2o1.Cn1cc2ccc(C(C)(C)C)cc2n1. The van der Waals surface area contributed by atoms with Gasteiger partial charge in [0.05, 0.1) is 17.4 Å². The van der Waals surface area contributed by atoms with Gasteiger partial charge in [-0.2, -0.15) is 5.10 Å². The average molecular weight is 1130 g/mol. The van der Waals surface area contributed by atoms with Crippen LogP contribution in [0.5, 0.6) is 0 Å². The minimum absolute atomic E-state index is 0.119. The molecule has 7 aromatic heterocycles. The summed E-state index contributed by atoms with van der Waals surface area (Å²) in [4.78, 5) is 24.8. The standard InChI is InChI=1S/C12H16N2.C12H15NO.2C11H13NO.2C9H13N.C8H12N2/c1-12(2,3)10-6-5-9-8-14(4)13-11(9)7-10;1-8-13-10-6-5-9(12(2,3)4)7-11(10)14-8;1-11(2,3)9-5-4-8-7-12-13-10(8)6-9;1-11(2,3)8-4-5-9-10(6-8)13-7-12-9;1-9(2,3)8-5-4-6-10-7-8;1-9(2,3)8-6-4-5-7-10-8;1-8(2,3)7-6-9-4-5-10-7/h5-8H,1-4H3;5-7H,1-4H3;2*4-7H,1-3H3;2*4-7H,1-3H3;4-6H,1-3H3. The topological polar surface area (TPSA) is 147 Å². The van der Waals surface area contributed by atoms with Crippen LogP contribution < -0.4 is 0 Å². The second kappa shape index (κ2) is 27.7. The van der Waals surface area contributed by atoms with Gasteiger partial charge in [0.1, 0.15) is 11.0 Å². The van der Waals surface area contributed by atoms with E-state index in [2.05, 4.69) is 252 Å². The summed E-state index contributed by atoms with van der Waals surface area (Å²) in [7, 11) is 1.96. The molecule has 0 saturated carbocycles. The maximum atomic E-state index is 5.49. The Kier molecular flexibility index (Phi) is 22.1. The van der Waals surface area contributed by atoms with Crippen molar-refractivity contribution in [1.82, 2.24) is 44.8 Å². The molecule has 0 spiro atoms. The fourth-order valence-electron chi connectivity index (χ4n) is 8.06. The Balaban J connectivity index is 0.000000180. The Labute approximate surface area is 501 Å². The summed E-state index contributed by atoms with van der Waals surface area (Å²) in [6.07, 6.45) is 16.0. The molecule has 0 aliphatic carbocycles. The van der Waals surface area contributed by atoms with E-state index in [1.807, 2.05) is 73.6 Å². The zero-order valence-electron chi connectivity index (χ0n) is 54.8. The lowest BCUT2D eigenvalue weighted by Gasteiger charge is -2.18. The molecule has 0 radical (unpaired) electrons. The van der Waals surface area contributed by atoms with Crippen molar-refractivity contribution in [3.05, 3.63) is 204 Å². The molecule has 0 unspecified atom stereocenters. The molecular formula is C72H95N9O3. The van der Waals surface area contributed by atoms with E-state index >= 15 is 0 Å². The van der Waals surface area contributed by atoms with Crippen LogP contribution in [-0.2, 0) is 45.0 Å². The van der Waals surface area contributed by atoms with Crippen LogP contribution in [0.25, 0.3) is 44.1 Å². The molecular weight excluding hydrogens is 1040 g/mol. The highest BCUT2D eigenvalue weighted by molar-refractivity contribution is 5.79. The van der Waals surface area contributed by atoms with Crippen LogP contribution in [0, 0.1) is 6.92 Å². The van der Waals surface area contributed by atoms with Gasteiger partial charge < -0.3 is 13.4 Å². The minimum atomic E-state index is 0.119. The number of aromatic nitrogens is 9. The molecule has 7 heterocycles. The van der Waals surface area contributed by atoms with Crippen molar-refractivity contribution in [1.29, 1.82) is 0 Å². The minimum Gasteiger partial charge on any atom is -0.443 e. The number of oxazole rings is 2. The van der Waals surface area contributed by atoms with E-state index in [1.165, 1.54) is 39.6 Å². The van der Waals surface area contributed by atoms with Crippen molar-refractivity contribution in [3.63, 3.8) is 0 Å². The lowest BCUT2D eigenvalue weighted by atomic mass is 9.87. The predicted molar refractivity (Wildman–Crippen MR) is 349 cm³/mol. The monoisotopic (exact) mass is 1130 g/mol. The van der Waals surface area contributed by atoms with Crippen molar-refractivity contribution in [2.75, 3.05) is 0 Å². The first kappa shape index (κ1) is 66.9. The van der Waals surface area contributed by atoms with Gasteiger partial charge in [-0.15, -0.1) is 0 Å². The van der Waals surface area contributed by atoms with E-state index < -0.39 is 0 Å². The molecule has 12 nitrogen and oxygen atoms in total. The average Bonchev–Trinajstić information content (AvgIpc) is 3.71. The first-order valence-electron chi connectivity index (χ1n) is 29.0. The molecule has 0 aliphatic rings. The first-order chi connectivity index (χ1) is 38.9. The van der Waals surface area contributed by atoms with Crippen molar-refractivity contribution in [3.8, 4) is 0 Å². The number of pyridine rings is 2. The van der Waals surface area contributed by atoms with Gasteiger partial charge in [-0.25, -0.2) is 9.97 Å². The normalized spacial score (nSPS) is 12.0. The fourth-order valence-corrected chi connectivity index (χ4v) is 8.06. The highest BCUT2D eigenvalue weighted by Gasteiger charge is 2.19. The second-order valence-corrected chi connectivity index (χ2v) is 28.4. The van der Waals surface area contributed by atoms with Crippen LogP contribution in [0.4, 0.5) is 0 Å². The first-order valence-corrected chi connectivity index (χ1v) is 29.0. The predicted octanol–water partition coefficient (Wildman–Crippen LogP) is 19.1. The molecule has 84 heavy (non-hydrogen) atoms. The number of rotatable bonds is 0. The van der Waals surface area contributed by atoms with Crippen LogP contribution in [0.15, 0.2) is 172 Å². The lowest BCUT2D eigenvalue weighted by Crippen LogP contribution is -2.13. The number of aryl methyl sites for hydroxylation is 2. The highest BCUT2D eigenvalue weighted by Crippen LogP contribution is 2.30. The van der Waals surface area contributed by atoms with Crippen molar-refractivity contribution in [2.45, 2.75) is 190 Å². The van der Waals surface area contributed by atoms with Crippen LogP contribution >= 0.6 is 0 Å². The maximum absolute atomic E-state index is 5.49. The third kappa shape index (κ3) is 20.8. The van der Waals surface area contributed by atoms with E-state index in [-0.39, 0.29) is 37.9 Å². The highest BCUT2D eigenvalue weighted by atomic mass is 16.5. The van der Waals surface area contributed by atoms with Gasteiger partial charge in [0.15, 0.2) is 29.0 Å². The summed E-state index contributed by atoms with van der Waals surface area (Å²) in [5, 5.41) is 10.4. The van der Waals surface area contributed by atoms with Gasteiger partial charge in [-0.1, -0.05) is 193 Å². The smallest absolute Gasteiger partial charge is 0.192 e. The molecule has 0 saturated heterocycles. The molecule has 0 N–H and O–H groups in total. The van der Waals surface area contributed by atoms with Gasteiger partial charge in [0, 0.05) is 84.6 Å². The molecule has 0 bridgehead atoms. The van der Waals surface area contributed by atoms with E-state index in [0.717, 1.165) is 56.0 Å². The Morgan fingerprint density at radius 1 is 0.393 bits per heavy atom. The van der Waals surface area contributed by atoms with Crippen LogP contribution in [0.1, 0.15) is 190 Å². The third-order valence-electron chi connectivity index (χ3n) is 13.6. The van der Waals surface area contributed by atoms with Crippen LogP contribution in [0.2, 0.25) is 0 Å². The molecule has 0 aliphatic heterocycles.